The van der Waals surface area contributed by atoms with Crippen molar-refractivity contribution in [2.24, 2.45) is 5.92 Å². The van der Waals surface area contributed by atoms with Gasteiger partial charge in [0.05, 0.1) is 6.61 Å². The molecule has 0 aromatic heterocycles. The fourth-order valence-corrected chi connectivity index (χ4v) is 3.96. The molecule has 2 saturated heterocycles. The molecule has 0 aromatic rings. The maximum atomic E-state index is 11.8. The van der Waals surface area contributed by atoms with Crippen molar-refractivity contribution in [1.29, 1.82) is 0 Å². The van der Waals surface area contributed by atoms with Gasteiger partial charge in [-0.3, -0.25) is 4.79 Å². The summed E-state index contributed by atoms with van der Waals surface area (Å²) in [6.07, 6.45) is 1.05. The fraction of sp³-hybridized carbons (Fsp3) is 0.917. The van der Waals surface area contributed by atoms with E-state index >= 15 is 0 Å². The van der Waals surface area contributed by atoms with Crippen molar-refractivity contribution in [3.05, 3.63) is 0 Å². The number of nitrogens with zero attached hydrogens (tertiary/aromatic N) is 2. The van der Waals surface area contributed by atoms with Gasteiger partial charge in [0.15, 0.2) is 0 Å². The van der Waals surface area contributed by atoms with Gasteiger partial charge in [-0.05, 0) is 18.9 Å². The van der Waals surface area contributed by atoms with Gasteiger partial charge < -0.3 is 14.5 Å². The summed E-state index contributed by atoms with van der Waals surface area (Å²) in [5.74, 6) is 0.308. The molecule has 2 rings (SSSR count). The van der Waals surface area contributed by atoms with E-state index in [1.807, 2.05) is 0 Å². The van der Waals surface area contributed by atoms with Gasteiger partial charge in [-0.1, -0.05) is 0 Å². The zero-order chi connectivity index (χ0) is 14.8. The van der Waals surface area contributed by atoms with Crippen LogP contribution >= 0.6 is 10.7 Å². The molecule has 2 aliphatic rings. The van der Waals surface area contributed by atoms with E-state index in [4.69, 9.17) is 15.4 Å². The van der Waals surface area contributed by atoms with Crippen LogP contribution < -0.4 is 0 Å². The van der Waals surface area contributed by atoms with E-state index in [0.717, 1.165) is 26.1 Å². The van der Waals surface area contributed by atoms with Crippen LogP contribution in [0.1, 0.15) is 12.8 Å². The Morgan fingerprint density at radius 2 is 2.15 bits per heavy atom. The summed E-state index contributed by atoms with van der Waals surface area (Å²) in [7, 11) is 3.38. The first-order chi connectivity index (χ1) is 9.40. The van der Waals surface area contributed by atoms with Gasteiger partial charge >= 0.3 is 0 Å². The highest BCUT2D eigenvalue weighted by molar-refractivity contribution is 8.14. The van der Waals surface area contributed by atoms with Crippen LogP contribution in [0.5, 0.6) is 0 Å². The van der Waals surface area contributed by atoms with Crippen molar-refractivity contribution in [2.75, 3.05) is 46.4 Å². The molecule has 2 atom stereocenters. The average Bonchev–Trinajstić information content (AvgIpc) is 2.95. The smallest absolute Gasteiger partial charge is 0.237 e. The minimum absolute atomic E-state index is 0.0198. The highest BCUT2D eigenvalue weighted by atomic mass is 35.7. The third kappa shape index (κ3) is 4.07. The first-order valence-corrected chi connectivity index (χ1v) is 9.20. The van der Waals surface area contributed by atoms with Gasteiger partial charge in [-0.2, -0.15) is 0 Å². The van der Waals surface area contributed by atoms with E-state index in [9.17, 15) is 13.2 Å². The molecule has 6 nitrogen and oxygen atoms in total. The third-order valence-corrected chi connectivity index (χ3v) is 5.91. The number of likely N-dealkylation sites (tertiary alicyclic amines) is 2. The Morgan fingerprint density at radius 1 is 1.40 bits per heavy atom. The van der Waals surface area contributed by atoms with Crippen LogP contribution in [0.25, 0.3) is 0 Å². The van der Waals surface area contributed by atoms with Crippen LogP contribution in [0.15, 0.2) is 0 Å². The van der Waals surface area contributed by atoms with Crippen LogP contribution in [0, 0.1) is 5.92 Å². The van der Waals surface area contributed by atoms with Crippen molar-refractivity contribution in [2.45, 2.75) is 18.1 Å². The lowest BCUT2D eigenvalue weighted by Gasteiger charge is -2.21. The van der Waals surface area contributed by atoms with Crippen LogP contribution in [0.3, 0.4) is 0 Å². The lowest BCUT2D eigenvalue weighted by molar-refractivity contribution is -0.128. The average molecular weight is 325 g/mol. The van der Waals surface area contributed by atoms with Gasteiger partial charge in [0, 0.05) is 50.4 Å². The van der Waals surface area contributed by atoms with Crippen molar-refractivity contribution in [1.82, 2.24) is 9.80 Å². The number of halogens is 1. The van der Waals surface area contributed by atoms with E-state index in [-0.39, 0.29) is 18.9 Å². The van der Waals surface area contributed by atoms with Crippen molar-refractivity contribution in [3.63, 3.8) is 0 Å². The normalized spacial score (nSPS) is 28.5. The first-order valence-electron chi connectivity index (χ1n) is 6.82. The molecule has 0 aromatic carbocycles. The lowest BCUT2D eigenvalue weighted by atomic mass is 10.1. The summed E-state index contributed by atoms with van der Waals surface area (Å²) in [6.45, 7) is 4.42. The Bertz CT molecular complexity index is 456. The number of amides is 1. The van der Waals surface area contributed by atoms with Gasteiger partial charge in [-0.25, -0.2) is 8.42 Å². The standard InChI is InChI=1S/C12H21ClN2O4S/c1-19-5-4-14-3-2-10(7-14)8-15-9-11(6-12(15)16)20(13,17)18/h10-11H,2-9H2,1H3. The molecule has 1 amide bonds. The highest BCUT2D eigenvalue weighted by Gasteiger charge is 2.38. The van der Waals surface area contributed by atoms with Gasteiger partial charge in [0.2, 0.25) is 15.0 Å². The van der Waals surface area contributed by atoms with Crippen LogP contribution in [-0.2, 0) is 18.6 Å². The fourth-order valence-electron chi connectivity index (χ4n) is 2.90. The second-order valence-corrected chi connectivity index (χ2v) is 8.46. The molecule has 2 aliphatic heterocycles. The van der Waals surface area contributed by atoms with Crippen molar-refractivity contribution >= 4 is 25.6 Å². The predicted octanol–water partition coefficient (Wildman–Crippen LogP) is 0.124. The zero-order valence-corrected chi connectivity index (χ0v) is 13.2. The summed E-state index contributed by atoms with van der Waals surface area (Å²) < 4.78 is 27.6. The Morgan fingerprint density at radius 3 is 2.75 bits per heavy atom. The predicted molar refractivity (Wildman–Crippen MR) is 76.2 cm³/mol. The molecular formula is C12H21ClN2O4S. The molecule has 8 heteroatoms. The van der Waals surface area contributed by atoms with E-state index in [2.05, 4.69) is 4.90 Å². The maximum Gasteiger partial charge on any atom is 0.237 e. The van der Waals surface area contributed by atoms with Gasteiger partial charge in [0.25, 0.3) is 0 Å². The molecule has 116 valence electrons. The minimum atomic E-state index is -3.64. The largest absolute Gasteiger partial charge is 0.383 e. The third-order valence-electron chi connectivity index (χ3n) is 4.04. The quantitative estimate of drug-likeness (QED) is 0.649. The Balaban J connectivity index is 1.81. The topological polar surface area (TPSA) is 66.9 Å². The first kappa shape index (κ1) is 16.0. The monoisotopic (exact) mass is 324 g/mol. The van der Waals surface area contributed by atoms with Crippen molar-refractivity contribution < 1.29 is 17.9 Å². The van der Waals surface area contributed by atoms with Crippen LogP contribution in [0.4, 0.5) is 0 Å². The minimum Gasteiger partial charge on any atom is -0.383 e. The number of hydrogen-bond acceptors (Lipinski definition) is 5. The second kappa shape index (κ2) is 6.60. The second-order valence-electron chi connectivity index (χ2n) is 5.55. The molecule has 0 bridgehead atoms. The summed E-state index contributed by atoms with van der Waals surface area (Å²) in [5, 5.41) is -0.748. The Hall–Kier alpha value is -0.370. The Kier molecular flexibility index (Phi) is 5.28. The summed E-state index contributed by atoms with van der Waals surface area (Å²) >= 11 is 0. The number of rotatable bonds is 6. The van der Waals surface area contributed by atoms with Crippen molar-refractivity contribution in [3.8, 4) is 0 Å². The molecule has 0 saturated carbocycles. The van der Waals surface area contributed by atoms with Crippen LogP contribution in [0.2, 0.25) is 0 Å². The summed E-state index contributed by atoms with van der Waals surface area (Å²) in [5.41, 5.74) is 0. The van der Waals surface area contributed by atoms with E-state index in [0.29, 0.717) is 19.1 Å². The summed E-state index contributed by atoms with van der Waals surface area (Å²) in [4.78, 5) is 15.8. The molecular weight excluding hydrogens is 304 g/mol. The van der Waals surface area contributed by atoms with Crippen LogP contribution in [-0.4, -0.2) is 75.8 Å². The molecule has 0 aliphatic carbocycles. The molecule has 2 heterocycles. The zero-order valence-electron chi connectivity index (χ0n) is 11.6. The van der Waals surface area contributed by atoms with Gasteiger partial charge in [-0.15, -0.1) is 0 Å². The highest BCUT2D eigenvalue weighted by Crippen LogP contribution is 2.24. The van der Waals surface area contributed by atoms with E-state index in [1.165, 1.54) is 0 Å². The molecule has 0 spiro atoms. The SMILES string of the molecule is COCCN1CCC(CN2CC(S(=O)(=O)Cl)CC2=O)C1. The number of hydrogen-bond donors (Lipinski definition) is 0. The maximum absolute atomic E-state index is 11.8. The molecule has 2 fully saturated rings. The Labute approximate surface area is 124 Å². The van der Waals surface area contributed by atoms with Gasteiger partial charge in [0.1, 0.15) is 5.25 Å². The summed E-state index contributed by atoms with van der Waals surface area (Å²) in [6, 6.07) is 0. The number of carbonyl (C=O) groups is 1. The lowest BCUT2D eigenvalue weighted by Crippen LogP contribution is -2.34. The molecule has 0 N–H and O–H groups in total. The van der Waals surface area contributed by atoms with E-state index in [1.54, 1.807) is 12.0 Å². The van der Waals surface area contributed by atoms with E-state index < -0.39 is 14.3 Å². The molecule has 20 heavy (non-hydrogen) atoms. The number of methoxy groups -OCH3 is 1. The molecule has 2 unspecified atom stereocenters. The number of ether oxygens (including phenoxy) is 1. The number of carbonyl (C=O) groups excluding carboxylic acids is 1. The molecule has 0 radical (unpaired) electrons.